The molecule has 0 saturated carbocycles. The van der Waals surface area contributed by atoms with Gasteiger partial charge in [0.2, 0.25) is 5.91 Å². The normalized spacial score (nSPS) is 11.4. The number of hydrogen-bond donors (Lipinski definition) is 1. The van der Waals surface area contributed by atoms with Crippen molar-refractivity contribution in [2.45, 2.75) is 27.7 Å². The molecule has 0 aromatic heterocycles. The van der Waals surface area contributed by atoms with Crippen LogP contribution in [0.15, 0.2) is 0 Å². The Hall–Kier alpha value is -0.570. The summed E-state index contributed by atoms with van der Waals surface area (Å²) in [6.45, 7) is 9.66. The molecule has 0 heterocycles. The summed E-state index contributed by atoms with van der Waals surface area (Å²) in [6, 6.07) is 0. The number of amides is 1. The average molecular weight is 172 g/mol. The summed E-state index contributed by atoms with van der Waals surface area (Å²) in [6.07, 6.45) is 0. The molecule has 0 fully saturated rings. The van der Waals surface area contributed by atoms with E-state index in [-0.39, 0.29) is 5.91 Å². The molecule has 2 N–H and O–H groups in total. The third-order valence-corrected chi connectivity index (χ3v) is 2.14. The van der Waals surface area contributed by atoms with Gasteiger partial charge in [0, 0.05) is 19.6 Å². The summed E-state index contributed by atoms with van der Waals surface area (Å²) < 4.78 is 0. The van der Waals surface area contributed by atoms with E-state index in [1.807, 2.05) is 32.6 Å². The van der Waals surface area contributed by atoms with Crippen LogP contribution in [0.2, 0.25) is 0 Å². The number of carbonyl (C=O) groups is 1. The van der Waals surface area contributed by atoms with Crippen LogP contribution in [0.25, 0.3) is 0 Å². The van der Waals surface area contributed by atoms with Gasteiger partial charge in [-0.05, 0) is 27.7 Å². The van der Waals surface area contributed by atoms with Crippen LogP contribution in [0.3, 0.4) is 0 Å². The fourth-order valence-corrected chi connectivity index (χ4v) is 1.03. The van der Waals surface area contributed by atoms with E-state index in [0.29, 0.717) is 6.54 Å². The molecule has 0 saturated heterocycles. The van der Waals surface area contributed by atoms with E-state index in [2.05, 4.69) is 0 Å². The molecule has 0 radical (unpaired) electrons. The first kappa shape index (κ1) is 11.4. The largest absolute Gasteiger partial charge is 0.343 e. The van der Waals surface area contributed by atoms with E-state index in [1.165, 1.54) is 0 Å². The van der Waals surface area contributed by atoms with E-state index in [9.17, 15) is 4.79 Å². The van der Waals surface area contributed by atoms with Crippen molar-refractivity contribution in [3.63, 3.8) is 0 Å². The maximum absolute atomic E-state index is 11.7. The van der Waals surface area contributed by atoms with Crippen LogP contribution >= 0.6 is 0 Å². The molecule has 0 rings (SSSR count). The van der Waals surface area contributed by atoms with Gasteiger partial charge in [0.25, 0.3) is 0 Å². The summed E-state index contributed by atoms with van der Waals surface area (Å²) in [4.78, 5) is 13.5. The summed E-state index contributed by atoms with van der Waals surface area (Å²) in [5.74, 6) is 0.148. The van der Waals surface area contributed by atoms with Crippen LogP contribution in [0, 0.1) is 5.41 Å². The SMILES string of the molecule is CCN(CC)C(=O)C(C)(C)CN. The lowest BCUT2D eigenvalue weighted by atomic mass is 9.92. The van der Waals surface area contributed by atoms with E-state index < -0.39 is 5.41 Å². The molecule has 3 nitrogen and oxygen atoms in total. The first-order valence-electron chi connectivity index (χ1n) is 4.49. The van der Waals surface area contributed by atoms with E-state index in [4.69, 9.17) is 5.73 Å². The van der Waals surface area contributed by atoms with Crippen molar-refractivity contribution in [2.24, 2.45) is 11.1 Å². The predicted molar refractivity (Wildman–Crippen MR) is 50.8 cm³/mol. The number of nitrogens with zero attached hydrogens (tertiary/aromatic N) is 1. The van der Waals surface area contributed by atoms with Crippen molar-refractivity contribution in [1.29, 1.82) is 0 Å². The van der Waals surface area contributed by atoms with Gasteiger partial charge < -0.3 is 10.6 Å². The third-order valence-electron chi connectivity index (χ3n) is 2.14. The molecule has 3 heteroatoms. The first-order valence-corrected chi connectivity index (χ1v) is 4.49. The molecule has 1 amide bonds. The van der Waals surface area contributed by atoms with Crippen LogP contribution in [0.4, 0.5) is 0 Å². The summed E-state index contributed by atoms with van der Waals surface area (Å²) >= 11 is 0. The number of hydrogen-bond acceptors (Lipinski definition) is 2. The van der Waals surface area contributed by atoms with Crippen molar-refractivity contribution in [3.8, 4) is 0 Å². The lowest BCUT2D eigenvalue weighted by molar-refractivity contribution is -0.139. The highest BCUT2D eigenvalue weighted by Crippen LogP contribution is 2.16. The highest BCUT2D eigenvalue weighted by molar-refractivity contribution is 5.82. The third kappa shape index (κ3) is 2.48. The Labute approximate surface area is 74.9 Å². The van der Waals surface area contributed by atoms with Gasteiger partial charge in [-0.25, -0.2) is 0 Å². The second-order valence-corrected chi connectivity index (χ2v) is 3.57. The standard InChI is InChI=1S/C9H20N2O/c1-5-11(6-2)8(12)9(3,4)7-10/h5-7,10H2,1-4H3. The maximum Gasteiger partial charge on any atom is 0.229 e. The molecule has 0 aromatic carbocycles. The molecule has 0 atom stereocenters. The Morgan fingerprint density at radius 3 is 2.00 bits per heavy atom. The minimum absolute atomic E-state index is 0.148. The minimum Gasteiger partial charge on any atom is -0.343 e. The Kier molecular flexibility index (Phi) is 4.24. The van der Waals surface area contributed by atoms with Gasteiger partial charge in [0.05, 0.1) is 5.41 Å². The van der Waals surface area contributed by atoms with E-state index in [0.717, 1.165) is 13.1 Å². The zero-order valence-corrected chi connectivity index (χ0v) is 8.55. The lowest BCUT2D eigenvalue weighted by Crippen LogP contribution is -2.44. The van der Waals surface area contributed by atoms with Gasteiger partial charge in [-0.15, -0.1) is 0 Å². The summed E-state index contributed by atoms with van der Waals surface area (Å²) in [7, 11) is 0. The van der Waals surface area contributed by atoms with Crippen molar-refractivity contribution in [3.05, 3.63) is 0 Å². The quantitative estimate of drug-likeness (QED) is 0.683. The van der Waals surface area contributed by atoms with Crippen molar-refractivity contribution < 1.29 is 4.79 Å². The monoisotopic (exact) mass is 172 g/mol. The van der Waals surface area contributed by atoms with Gasteiger partial charge in [-0.3, -0.25) is 4.79 Å². The zero-order chi connectivity index (χ0) is 9.78. The number of rotatable bonds is 4. The molecule has 0 aliphatic heterocycles. The number of nitrogens with two attached hydrogens (primary N) is 1. The average Bonchev–Trinajstić information content (AvgIpc) is 2.06. The van der Waals surface area contributed by atoms with Gasteiger partial charge in [-0.2, -0.15) is 0 Å². The first-order chi connectivity index (χ1) is 5.49. The second-order valence-electron chi connectivity index (χ2n) is 3.57. The van der Waals surface area contributed by atoms with Crippen molar-refractivity contribution in [2.75, 3.05) is 19.6 Å². The molecular weight excluding hydrogens is 152 g/mol. The maximum atomic E-state index is 11.7. The molecule has 0 aliphatic carbocycles. The minimum atomic E-state index is -0.411. The van der Waals surface area contributed by atoms with E-state index >= 15 is 0 Å². The fourth-order valence-electron chi connectivity index (χ4n) is 1.03. The molecule has 0 bridgehead atoms. The van der Waals surface area contributed by atoms with Crippen LogP contribution < -0.4 is 5.73 Å². The van der Waals surface area contributed by atoms with Crippen LogP contribution in [-0.4, -0.2) is 30.4 Å². The molecule has 0 aliphatic rings. The number of carbonyl (C=O) groups excluding carboxylic acids is 1. The smallest absolute Gasteiger partial charge is 0.229 e. The molecular formula is C9H20N2O. The summed E-state index contributed by atoms with van der Waals surface area (Å²) in [5, 5.41) is 0. The lowest BCUT2D eigenvalue weighted by Gasteiger charge is -2.29. The molecule has 0 aromatic rings. The highest BCUT2D eigenvalue weighted by atomic mass is 16.2. The predicted octanol–water partition coefficient (Wildman–Crippen LogP) is 0.840. The molecule has 12 heavy (non-hydrogen) atoms. The topological polar surface area (TPSA) is 46.3 Å². The van der Waals surface area contributed by atoms with Gasteiger partial charge in [0.15, 0.2) is 0 Å². The van der Waals surface area contributed by atoms with Crippen LogP contribution in [0.5, 0.6) is 0 Å². The fraction of sp³-hybridized carbons (Fsp3) is 0.889. The Balaban J connectivity index is 4.35. The molecule has 0 unspecified atom stereocenters. The second kappa shape index (κ2) is 4.45. The molecule has 0 spiro atoms. The van der Waals surface area contributed by atoms with Gasteiger partial charge in [-0.1, -0.05) is 0 Å². The molecule has 72 valence electrons. The van der Waals surface area contributed by atoms with E-state index in [1.54, 1.807) is 0 Å². The highest BCUT2D eigenvalue weighted by Gasteiger charge is 2.28. The summed E-state index contributed by atoms with van der Waals surface area (Å²) in [5.41, 5.74) is 5.10. The Bertz CT molecular complexity index is 151. The van der Waals surface area contributed by atoms with Crippen LogP contribution in [-0.2, 0) is 4.79 Å². The van der Waals surface area contributed by atoms with Gasteiger partial charge in [0.1, 0.15) is 0 Å². The van der Waals surface area contributed by atoms with Crippen molar-refractivity contribution in [1.82, 2.24) is 4.90 Å². The van der Waals surface area contributed by atoms with Crippen molar-refractivity contribution >= 4 is 5.91 Å². The van der Waals surface area contributed by atoms with Crippen LogP contribution in [0.1, 0.15) is 27.7 Å². The van der Waals surface area contributed by atoms with Gasteiger partial charge >= 0.3 is 0 Å². The Morgan fingerprint density at radius 2 is 1.75 bits per heavy atom. The Morgan fingerprint density at radius 1 is 1.33 bits per heavy atom. The zero-order valence-electron chi connectivity index (χ0n) is 8.55.